The first-order valence-corrected chi connectivity index (χ1v) is 4.60. The van der Waals surface area contributed by atoms with Gasteiger partial charge in [0.15, 0.2) is 0 Å². The molecule has 2 saturated heterocycles. The molecule has 1 N–H and O–H groups in total. The zero-order chi connectivity index (χ0) is 8.84. The van der Waals surface area contributed by atoms with Crippen LogP contribution < -0.4 is 10.2 Å². The summed E-state index contributed by atoms with van der Waals surface area (Å²) in [5.74, 6) is -0.145. The topological polar surface area (TPSA) is 15.3 Å². The fourth-order valence-electron chi connectivity index (χ4n) is 2.06. The number of fused-ring (bicyclic) bond motifs is 1. The highest BCUT2D eigenvalue weighted by Gasteiger charge is 2.45. The maximum atomic E-state index is 12.9. The van der Waals surface area contributed by atoms with Crippen molar-refractivity contribution in [1.82, 2.24) is 5.32 Å². The van der Waals surface area contributed by atoms with Crippen LogP contribution in [-0.4, -0.2) is 25.2 Å². The van der Waals surface area contributed by atoms with Crippen LogP contribution in [0, 0.1) is 5.82 Å². The minimum Gasteiger partial charge on any atom is -0.364 e. The second-order valence-corrected chi connectivity index (χ2v) is 3.71. The molecule has 13 heavy (non-hydrogen) atoms. The number of rotatable bonds is 1. The van der Waals surface area contributed by atoms with Crippen molar-refractivity contribution in [3.8, 4) is 0 Å². The Hall–Kier alpha value is -1.09. The third kappa shape index (κ3) is 0.968. The van der Waals surface area contributed by atoms with Gasteiger partial charge in [-0.1, -0.05) is 6.07 Å². The molecule has 0 spiro atoms. The van der Waals surface area contributed by atoms with E-state index in [2.05, 4.69) is 10.2 Å². The molecule has 0 bridgehead atoms. The van der Waals surface area contributed by atoms with Gasteiger partial charge in [0.25, 0.3) is 0 Å². The second-order valence-electron chi connectivity index (χ2n) is 3.71. The molecule has 0 radical (unpaired) electrons. The lowest BCUT2D eigenvalue weighted by Crippen LogP contribution is -2.78. The van der Waals surface area contributed by atoms with E-state index in [0.29, 0.717) is 12.1 Å². The summed E-state index contributed by atoms with van der Waals surface area (Å²) in [6.07, 6.45) is 0. The summed E-state index contributed by atoms with van der Waals surface area (Å²) in [5.41, 5.74) is 1.02. The first-order valence-electron chi connectivity index (χ1n) is 4.60. The molecule has 2 aliphatic rings. The van der Waals surface area contributed by atoms with E-state index in [1.54, 1.807) is 12.1 Å². The summed E-state index contributed by atoms with van der Waals surface area (Å²) in [6.45, 7) is 2.06. The summed E-state index contributed by atoms with van der Waals surface area (Å²) >= 11 is 0. The summed E-state index contributed by atoms with van der Waals surface area (Å²) in [7, 11) is 0. The van der Waals surface area contributed by atoms with E-state index >= 15 is 0 Å². The molecule has 1 aromatic carbocycles. The quantitative estimate of drug-likeness (QED) is 0.689. The van der Waals surface area contributed by atoms with Crippen LogP contribution in [0.25, 0.3) is 0 Å². The number of benzene rings is 1. The summed E-state index contributed by atoms with van der Waals surface area (Å²) in [5, 5.41) is 3.32. The third-order valence-corrected chi connectivity index (χ3v) is 2.99. The van der Waals surface area contributed by atoms with Crippen molar-refractivity contribution >= 4 is 5.69 Å². The molecule has 0 amide bonds. The van der Waals surface area contributed by atoms with E-state index in [4.69, 9.17) is 0 Å². The number of hydrogen-bond donors (Lipinski definition) is 1. The molecule has 3 heteroatoms. The molecule has 2 aliphatic heterocycles. The maximum Gasteiger partial charge on any atom is 0.125 e. The Kier molecular flexibility index (Phi) is 1.38. The minimum absolute atomic E-state index is 0.145. The van der Waals surface area contributed by atoms with Gasteiger partial charge in [-0.25, -0.2) is 4.39 Å². The highest BCUT2D eigenvalue weighted by atomic mass is 19.1. The van der Waals surface area contributed by atoms with Crippen LogP contribution in [0.3, 0.4) is 0 Å². The average Bonchev–Trinajstić information content (AvgIpc) is 2.10. The van der Waals surface area contributed by atoms with E-state index in [1.807, 2.05) is 6.07 Å². The van der Waals surface area contributed by atoms with E-state index in [0.717, 1.165) is 18.8 Å². The molecule has 1 aromatic rings. The largest absolute Gasteiger partial charge is 0.364 e. The van der Waals surface area contributed by atoms with E-state index in [9.17, 15) is 4.39 Å². The predicted molar refractivity (Wildman–Crippen MR) is 49.3 cm³/mol. The van der Waals surface area contributed by atoms with E-state index in [-0.39, 0.29) is 5.82 Å². The van der Waals surface area contributed by atoms with Crippen molar-refractivity contribution in [2.75, 3.05) is 18.0 Å². The molecule has 0 aliphatic carbocycles. The van der Waals surface area contributed by atoms with Gasteiger partial charge in [0.1, 0.15) is 5.82 Å². The standard InChI is InChI=1S/C10H11FN2/c11-7-2-1-3-8(4-7)13-6-9-10(13)5-12-9/h1-4,9-10,12H,5-6H2/t9?,10-/m1/s1. The fourth-order valence-corrected chi connectivity index (χ4v) is 2.06. The zero-order valence-corrected chi connectivity index (χ0v) is 7.20. The maximum absolute atomic E-state index is 12.9. The second kappa shape index (κ2) is 2.45. The van der Waals surface area contributed by atoms with Gasteiger partial charge in [0, 0.05) is 24.8 Å². The Bertz CT molecular complexity index is 339. The van der Waals surface area contributed by atoms with Crippen LogP contribution in [0.15, 0.2) is 24.3 Å². The molecule has 2 nitrogen and oxygen atoms in total. The SMILES string of the molecule is Fc1cccc(N2CC3NC[C@H]32)c1. The van der Waals surface area contributed by atoms with Crippen molar-refractivity contribution in [1.29, 1.82) is 0 Å². The Labute approximate surface area is 76.4 Å². The smallest absolute Gasteiger partial charge is 0.125 e. The van der Waals surface area contributed by atoms with Crippen molar-refractivity contribution in [2.24, 2.45) is 0 Å². The van der Waals surface area contributed by atoms with Gasteiger partial charge in [-0.15, -0.1) is 0 Å². The van der Waals surface area contributed by atoms with Gasteiger partial charge in [0.05, 0.1) is 6.04 Å². The van der Waals surface area contributed by atoms with Crippen LogP contribution in [0.4, 0.5) is 10.1 Å². The number of nitrogens with one attached hydrogen (secondary N) is 1. The van der Waals surface area contributed by atoms with E-state index in [1.165, 1.54) is 6.07 Å². The van der Waals surface area contributed by atoms with Crippen molar-refractivity contribution in [2.45, 2.75) is 12.1 Å². The van der Waals surface area contributed by atoms with Crippen molar-refractivity contribution in [3.05, 3.63) is 30.1 Å². The number of piperazine rings is 1. The minimum atomic E-state index is -0.145. The highest BCUT2D eigenvalue weighted by molar-refractivity contribution is 5.53. The van der Waals surface area contributed by atoms with Gasteiger partial charge in [0.2, 0.25) is 0 Å². The lowest BCUT2D eigenvalue weighted by molar-refractivity contribution is 0.213. The molecule has 0 saturated carbocycles. The normalized spacial score (nSPS) is 30.4. The average molecular weight is 178 g/mol. The zero-order valence-electron chi connectivity index (χ0n) is 7.20. The van der Waals surface area contributed by atoms with E-state index < -0.39 is 0 Å². The Balaban J connectivity index is 1.85. The monoisotopic (exact) mass is 178 g/mol. The van der Waals surface area contributed by atoms with Crippen molar-refractivity contribution in [3.63, 3.8) is 0 Å². The lowest BCUT2D eigenvalue weighted by Gasteiger charge is -2.57. The number of hydrogen-bond acceptors (Lipinski definition) is 2. The Morgan fingerprint density at radius 3 is 2.92 bits per heavy atom. The van der Waals surface area contributed by atoms with Gasteiger partial charge < -0.3 is 10.2 Å². The summed E-state index contributed by atoms with van der Waals surface area (Å²) in [6, 6.07) is 8.10. The summed E-state index contributed by atoms with van der Waals surface area (Å²) < 4.78 is 12.9. The van der Waals surface area contributed by atoms with Gasteiger partial charge in [-0.3, -0.25) is 0 Å². The van der Waals surface area contributed by atoms with Crippen LogP contribution in [0.5, 0.6) is 0 Å². The van der Waals surface area contributed by atoms with Gasteiger partial charge in [-0.05, 0) is 18.2 Å². The van der Waals surface area contributed by atoms with Crippen LogP contribution in [0.1, 0.15) is 0 Å². The number of nitrogens with zero attached hydrogens (tertiary/aromatic N) is 1. The molecular weight excluding hydrogens is 167 g/mol. The Morgan fingerprint density at radius 1 is 1.46 bits per heavy atom. The molecule has 2 heterocycles. The fraction of sp³-hybridized carbons (Fsp3) is 0.400. The molecule has 3 rings (SSSR count). The van der Waals surface area contributed by atoms with Gasteiger partial charge >= 0.3 is 0 Å². The van der Waals surface area contributed by atoms with Crippen LogP contribution in [-0.2, 0) is 0 Å². The van der Waals surface area contributed by atoms with Gasteiger partial charge in [-0.2, -0.15) is 0 Å². The molecule has 0 aromatic heterocycles. The number of anilines is 1. The van der Waals surface area contributed by atoms with Crippen LogP contribution in [0.2, 0.25) is 0 Å². The predicted octanol–water partition coefficient (Wildman–Crippen LogP) is 0.986. The molecule has 68 valence electrons. The molecular formula is C10H11FN2. The summed E-state index contributed by atoms with van der Waals surface area (Å²) in [4.78, 5) is 2.25. The molecule has 1 unspecified atom stereocenters. The molecule has 2 fully saturated rings. The van der Waals surface area contributed by atoms with Crippen LogP contribution >= 0.6 is 0 Å². The number of halogens is 1. The third-order valence-electron chi connectivity index (χ3n) is 2.99. The lowest BCUT2D eigenvalue weighted by atomic mass is 9.88. The first kappa shape index (κ1) is 7.33. The van der Waals surface area contributed by atoms with Crippen molar-refractivity contribution < 1.29 is 4.39 Å². The highest BCUT2D eigenvalue weighted by Crippen LogP contribution is 2.30. The molecule has 2 atom stereocenters. The Morgan fingerprint density at radius 2 is 2.38 bits per heavy atom. The first-order chi connectivity index (χ1) is 6.34.